The number of amides is 1. The van der Waals surface area contributed by atoms with E-state index in [9.17, 15) is 4.79 Å². The summed E-state index contributed by atoms with van der Waals surface area (Å²) >= 11 is 0. The SMILES string of the molecule is CC.COc1ccc2[nH]c3c(c2c1)CCN(C(=O)C(C)C)C3. The zero-order chi connectivity index (χ0) is 16.3. The van der Waals surface area contributed by atoms with Crippen molar-refractivity contribution in [2.45, 2.75) is 40.7 Å². The molecule has 1 amide bonds. The minimum absolute atomic E-state index is 0.0565. The van der Waals surface area contributed by atoms with Crippen molar-refractivity contribution in [2.75, 3.05) is 13.7 Å². The van der Waals surface area contributed by atoms with Crippen molar-refractivity contribution in [1.82, 2.24) is 9.88 Å². The highest BCUT2D eigenvalue weighted by molar-refractivity contribution is 5.87. The molecule has 2 aromatic rings. The van der Waals surface area contributed by atoms with Gasteiger partial charge in [-0.05, 0) is 30.2 Å². The molecule has 22 heavy (non-hydrogen) atoms. The molecule has 4 heteroatoms. The molecule has 0 spiro atoms. The molecule has 0 radical (unpaired) electrons. The highest BCUT2D eigenvalue weighted by Crippen LogP contribution is 2.30. The van der Waals surface area contributed by atoms with Crippen LogP contribution in [0.25, 0.3) is 10.9 Å². The Morgan fingerprint density at radius 1 is 1.32 bits per heavy atom. The van der Waals surface area contributed by atoms with Crippen molar-refractivity contribution in [2.24, 2.45) is 5.92 Å². The van der Waals surface area contributed by atoms with E-state index >= 15 is 0 Å². The van der Waals surface area contributed by atoms with Gasteiger partial charge < -0.3 is 14.6 Å². The van der Waals surface area contributed by atoms with E-state index in [0.717, 1.165) is 29.9 Å². The van der Waals surface area contributed by atoms with E-state index < -0.39 is 0 Å². The third kappa shape index (κ3) is 2.96. The van der Waals surface area contributed by atoms with Gasteiger partial charge >= 0.3 is 0 Å². The van der Waals surface area contributed by atoms with Crippen LogP contribution in [0.4, 0.5) is 0 Å². The van der Waals surface area contributed by atoms with E-state index in [2.05, 4.69) is 11.1 Å². The number of hydrogen-bond acceptors (Lipinski definition) is 2. The van der Waals surface area contributed by atoms with E-state index in [4.69, 9.17) is 4.74 Å². The normalized spacial score (nSPS) is 13.6. The first-order valence-electron chi connectivity index (χ1n) is 8.06. The average molecular weight is 302 g/mol. The number of aromatic amines is 1. The molecule has 0 unspecified atom stereocenters. The van der Waals surface area contributed by atoms with Gasteiger partial charge in [-0.25, -0.2) is 0 Å². The number of carbonyl (C=O) groups excluding carboxylic acids is 1. The molecular weight excluding hydrogens is 276 g/mol. The first kappa shape index (κ1) is 16.4. The summed E-state index contributed by atoms with van der Waals surface area (Å²) in [6, 6.07) is 6.08. The second-order valence-electron chi connectivity index (χ2n) is 5.66. The number of methoxy groups -OCH3 is 1. The van der Waals surface area contributed by atoms with Crippen LogP contribution < -0.4 is 4.74 Å². The summed E-state index contributed by atoms with van der Waals surface area (Å²) in [5, 5.41) is 1.22. The number of nitrogens with one attached hydrogen (secondary N) is 1. The molecule has 0 saturated heterocycles. The van der Waals surface area contributed by atoms with Crippen LogP contribution in [0.3, 0.4) is 0 Å². The Balaban J connectivity index is 0.000000847. The van der Waals surface area contributed by atoms with Gasteiger partial charge in [-0.1, -0.05) is 27.7 Å². The summed E-state index contributed by atoms with van der Waals surface area (Å²) in [5.41, 5.74) is 3.61. The number of aromatic nitrogens is 1. The van der Waals surface area contributed by atoms with Gasteiger partial charge in [0.25, 0.3) is 0 Å². The number of benzene rings is 1. The van der Waals surface area contributed by atoms with Gasteiger partial charge in [-0.2, -0.15) is 0 Å². The van der Waals surface area contributed by atoms with Gasteiger partial charge in [0.05, 0.1) is 13.7 Å². The minimum atomic E-state index is 0.0565. The van der Waals surface area contributed by atoms with Gasteiger partial charge in [-0.15, -0.1) is 0 Å². The maximum atomic E-state index is 12.1. The summed E-state index contributed by atoms with van der Waals surface area (Å²) in [7, 11) is 1.68. The van der Waals surface area contributed by atoms with Crippen LogP contribution in [0.1, 0.15) is 39.0 Å². The van der Waals surface area contributed by atoms with E-state index in [-0.39, 0.29) is 11.8 Å². The topological polar surface area (TPSA) is 45.3 Å². The van der Waals surface area contributed by atoms with Crippen molar-refractivity contribution in [3.8, 4) is 5.75 Å². The molecule has 0 saturated carbocycles. The molecule has 1 aromatic heterocycles. The predicted octanol–water partition coefficient (Wildman–Crippen LogP) is 3.74. The van der Waals surface area contributed by atoms with Crippen molar-refractivity contribution in [1.29, 1.82) is 0 Å². The van der Waals surface area contributed by atoms with Crippen molar-refractivity contribution in [3.05, 3.63) is 29.5 Å². The van der Waals surface area contributed by atoms with Gasteiger partial charge in [0, 0.05) is 29.1 Å². The van der Waals surface area contributed by atoms with E-state index in [1.165, 1.54) is 10.9 Å². The third-order valence-corrected chi connectivity index (χ3v) is 3.99. The lowest BCUT2D eigenvalue weighted by Gasteiger charge is -2.28. The fourth-order valence-corrected chi connectivity index (χ4v) is 2.90. The zero-order valence-corrected chi connectivity index (χ0v) is 14.2. The molecule has 1 aromatic carbocycles. The van der Waals surface area contributed by atoms with Crippen LogP contribution in [0.2, 0.25) is 0 Å². The Kier molecular flexibility index (Phi) is 5.11. The van der Waals surface area contributed by atoms with Crippen LogP contribution in [-0.4, -0.2) is 29.4 Å². The number of hydrogen-bond donors (Lipinski definition) is 1. The molecule has 0 bridgehead atoms. The summed E-state index contributed by atoms with van der Waals surface area (Å²) in [6.45, 7) is 9.39. The molecule has 0 atom stereocenters. The van der Waals surface area contributed by atoms with E-state index in [1.807, 2.05) is 44.7 Å². The van der Waals surface area contributed by atoms with Crippen molar-refractivity contribution < 1.29 is 9.53 Å². The molecule has 0 aliphatic carbocycles. The first-order valence-corrected chi connectivity index (χ1v) is 8.06. The third-order valence-electron chi connectivity index (χ3n) is 3.99. The number of fused-ring (bicyclic) bond motifs is 3. The largest absolute Gasteiger partial charge is 0.497 e. The minimum Gasteiger partial charge on any atom is -0.497 e. The number of nitrogens with zero attached hydrogens (tertiary/aromatic N) is 1. The van der Waals surface area contributed by atoms with Crippen LogP contribution in [0.15, 0.2) is 18.2 Å². The number of ether oxygens (including phenoxy) is 1. The van der Waals surface area contributed by atoms with Gasteiger partial charge in [0.2, 0.25) is 5.91 Å². The maximum absolute atomic E-state index is 12.1. The molecule has 120 valence electrons. The predicted molar refractivity (Wildman–Crippen MR) is 90.2 cm³/mol. The lowest BCUT2D eigenvalue weighted by molar-refractivity contribution is -0.135. The Labute approximate surface area is 132 Å². The highest BCUT2D eigenvalue weighted by atomic mass is 16.5. The summed E-state index contributed by atoms with van der Waals surface area (Å²) < 4.78 is 5.30. The standard InChI is InChI=1S/C16H20N2O2.C2H6/c1-10(2)16(19)18-7-6-12-13-8-11(20-3)4-5-14(13)17-15(12)9-18;1-2/h4-5,8,10,17H,6-7,9H2,1-3H3;1-2H3. The lowest BCUT2D eigenvalue weighted by Crippen LogP contribution is -2.38. The van der Waals surface area contributed by atoms with Gasteiger partial charge in [0.1, 0.15) is 5.75 Å². The summed E-state index contributed by atoms with van der Waals surface area (Å²) in [5.74, 6) is 1.16. The average Bonchev–Trinajstić information content (AvgIpc) is 2.92. The van der Waals surface area contributed by atoms with Crippen molar-refractivity contribution >= 4 is 16.8 Å². The van der Waals surface area contributed by atoms with Crippen molar-refractivity contribution in [3.63, 3.8) is 0 Å². The highest BCUT2D eigenvalue weighted by Gasteiger charge is 2.25. The van der Waals surface area contributed by atoms with Crippen LogP contribution in [0, 0.1) is 5.92 Å². The van der Waals surface area contributed by atoms with E-state index in [1.54, 1.807) is 7.11 Å². The lowest BCUT2D eigenvalue weighted by atomic mass is 10.0. The molecule has 2 heterocycles. The quantitative estimate of drug-likeness (QED) is 0.918. The summed E-state index contributed by atoms with van der Waals surface area (Å²) in [4.78, 5) is 17.5. The smallest absolute Gasteiger partial charge is 0.225 e. The number of H-pyrrole nitrogens is 1. The molecule has 0 fully saturated rings. The van der Waals surface area contributed by atoms with Crippen LogP contribution in [-0.2, 0) is 17.8 Å². The molecule has 3 rings (SSSR count). The van der Waals surface area contributed by atoms with Crippen LogP contribution in [0.5, 0.6) is 5.75 Å². The summed E-state index contributed by atoms with van der Waals surface area (Å²) in [6.07, 6.45) is 0.904. The number of carbonyl (C=O) groups is 1. The fourth-order valence-electron chi connectivity index (χ4n) is 2.90. The molecular formula is C18H26N2O2. The Morgan fingerprint density at radius 2 is 2.05 bits per heavy atom. The fraction of sp³-hybridized carbons (Fsp3) is 0.500. The van der Waals surface area contributed by atoms with Crippen LogP contribution >= 0.6 is 0 Å². The van der Waals surface area contributed by atoms with Gasteiger partial charge in [0.15, 0.2) is 0 Å². The Morgan fingerprint density at radius 3 is 2.68 bits per heavy atom. The van der Waals surface area contributed by atoms with Gasteiger partial charge in [-0.3, -0.25) is 4.79 Å². The Hall–Kier alpha value is -1.97. The molecule has 1 aliphatic heterocycles. The first-order chi connectivity index (χ1) is 10.6. The second-order valence-corrected chi connectivity index (χ2v) is 5.66. The molecule has 4 nitrogen and oxygen atoms in total. The Bertz CT molecular complexity index is 658. The molecule has 1 N–H and O–H groups in total. The monoisotopic (exact) mass is 302 g/mol. The zero-order valence-electron chi connectivity index (χ0n) is 14.2. The molecule has 1 aliphatic rings. The maximum Gasteiger partial charge on any atom is 0.225 e. The number of rotatable bonds is 2. The van der Waals surface area contributed by atoms with E-state index in [0.29, 0.717) is 6.54 Å². The second kappa shape index (κ2) is 6.86.